The molecule has 1 heterocycles. The molecule has 1 aromatic heterocycles. The van der Waals surface area contributed by atoms with Crippen molar-refractivity contribution in [2.75, 3.05) is 6.54 Å². The summed E-state index contributed by atoms with van der Waals surface area (Å²) in [6, 6.07) is 3.67. The molecule has 1 N–H and O–H groups in total. The molecule has 0 unspecified atom stereocenters. The van der Waals surface area contributed by atoms with Crippen molar-refractivity contribution in [2.45, 2.75) is 12.8 Å². The van der Waals surface area contributed by atoms with Crippen molar-refractivity contribution >= 4 is 5.91 Å². The minimum absolute atomic E-state index is 0.150. The molecule has 0 saturated heterocycles. The Morgan fingerprint density at radius 3 is 3.14 bits per heavy atom. The maximum atomic E-state index is 11.4. The summed E-state index contributed by atoms with van der Waals surface area (Å²) in [7, 11) is 1.71. The maximum absolute atomic E-state index is 11.4. The number of rotatable bonds is 4. The highest BCUT2D eigenvalue weighted by molar-refractivity contribution is 5.92. The van der Waals surface area contributed by atoms with E-state index < -0.39 is 0 Å². The molecule has 1 rings (SSSR count). The molecule has 0 saturated carbocycles. The van der Waals surface area contributed by atoms with Gasteiger partial charge in [-0.25, -0.2) is 0 Å². The number of nitrogens with one attached hydrogen (secondary N) is 1. The first kappa shape index (κ1) is 10.3. The van der Waals surface area contributed by atoms with Crippen molar-refractivity contribution in [1.29, 1.82) is 5.26 Å². The molecule has 0 aliphatic rings. The van der Waals surface area contributed by atoms with Gasteiger partial charge in [-0.3, -0.25) is 9.48 Å². The Morgan fingerprint density at radius 2 is 2.57 bits per heavy atom. The fraction of sp³-hybridized carbons (Fsp3) is 0.444. The lowest BCUT2D eigenvalue weighted by Gasteiger charge is -2.03. The molecule has 0 fully saturated rings. The predicted octanol–water partition coefficient (Wildman–Crippen LogP) is 0.454. The number of unbranched alkanes of at least 4 members (excludes halogenated alkanes) is 1. The molecule has 0 aliphatic carbocycles. The SMILES string of the molecule is Cn1nccc1C(=O)NCCCC#N. The third kappa shape index (κ3) is 2.59. The molecule has 0 spiro atoms. The number of hydrogen-bond donors (Lipinski definition) is 1. The van der Waals surface area contributed by atoms with Crippen molar-refractivity contribution < 1.29 is 4.79 Å². The highest BCUT2D eigenvalue weighted by Gasteiger charge is 2.07. The molecule has 1 amide bonds. The lowest BCUT2D eigenvalue weighted by atomic mass is 10.3. The van der Waals surface area contributed by atoms with E-state index in [0.717, 1.165) is 0 Å². The van der Waals surface area contributed by atoms with Crippen molar-refractivity contribution in [2.24, 2.45) is 7.05 Å². The number of aryl methyl sites for hydroxylation is 1. The number of hydrogen-bond acceptors (Lipinski definition) is 3. The van der Waals surface area contributed by atoms with Gasteiger partial charge in [-0.15, -0.1) is 0 Å². The van der Waals surface area contributed by atoms with Crippen LogP contribution in [0.4, 0.5) is 0 Å². The standard InChI is InChI=1S/C9H12N4O/c1-13-8(4-7-12-13)9(14)11-6-3-2-5-10/h4,7H,2-3,6H2,1H3,(H,11,14). The molecule has 74 valence electrons. The number of carbonyl (C=O) groups is 1. The number of nitriles is 1. The van der Waals surface area contributed by atoms with Gasteiger partial charge in [0.05, 0.1) is 6.07 Å². The van der Waals surface area contributed by atoms with E-state index in [-0.39, 0.29) is 5.91 Å². The number of nitrogens with zero attached hydrogens (tertiary/aromatic N) is 3. The predicted molar refractivity (Wildman–Crippen MR) is 50.4 cm³/mol. The maximum Gasteiger partial charge on any atom is 0.269 e. The summed E-state index contributed by atoms with van der Waals surface area (Å²) in [5, 5.41) is 14.9. The van der Waals surface area contributed by atoms with Crippen LogP contribution < -0.4 is 5.32 Å². The Balaban J connectivity index is 2.37. The molecule has 0 atom stereocenters. The van der Waals surface area contributed by atoms with Gasteiger partial charge in [-0.2, -0.15) is 10.4 Å². The van der Waals surface area contributed by atoms with Crippen LogP contribution in [-0.4, -0.2) is 22.2 Å². The second-order valence-corrected chi connectivity index (χ2v) is 2.86. The Hall–Kier alpha value is -1.83. The third-order valence-corrected chi connectivity index (χ3v) is 1.80. The largest absolute Gasteiger partial charge is 0.351 e. The average molecular weight is 192 g/mol. The average Bonchev–Trinajstić information content (AvgIpc) is 2.59. The van der Waals surface area contributed by atoms with Crippen LogP contribution in [0, 0.1) is 11.3 Å². The molecule has 14 heavy (non-hydrogen) atoms. The second kappa shape index (κ2) is 5.02. The summed E-state index contributed by atoms with van der Waals surface area (Å²) in [4.78, 5) is 11.4. The smallest absolute Gasteiger partial charge is 0.269 e. The van der Waals surface area contributed by atoms with E-state index >= 15 is 0 Å². The van der Waals surface area contributed by atoms with Crippen LogP contribution in [0.5, 0.6) is 0 Å². The zero-order valence-corrected chi connectivity index (χ0v) is 8.03. The highest BCUT2D eigenvalue weighted by Crippen LogP contribution is 1.95. The van der Waals surface area contributed by atoms with Gasteiger partial charge in [-0.1, -0.05) is 0 Å². The summed E-state index contributed by atoms with van der Waals surface area (Å²) in [5.41, 5.74) is 0.530. The summed E-state index contributed by atoms with van der Waals surface area (Å²) in [6.07, 6.45) is 2.72. The normalized spacial score (nSPS) is 9.43. The van der Waals surface area contributed by atoms with E-state index in [1.807, 2.05) is 6.07 Å². The van der Waals surface area contributed by atoms with Gasteiger partial charge in [0.25, 0.3) is 5.91 Å². The van der Waals surface area contributed by atoms with Gasteiger partial charge in [-0.05, 0) is 12.5 Å². The molecule has 5 nitrogen and oxygen atoms in total. The van der Waals surface area contributed by atoms with Gasteiger partial charge in [0.1, 0.15) is 5.69 Å². The summed E-state index contributed by atoms with van der Waals surface area (Å²) in [5.74, 6) is -0.150. The Labute approximate surface area is 82.3 Å². The minimum Gasteiger partial charge on any atom is -0.351 e. The monoisotopic (exact) mass is 192 g/mol. The molecular weight excluding hydrogens is 180 g/mol. The fourth-order valence-electron chi connectivity index (χ4n) is 1.06. The number of carbonyl (C=O) groups excluding carboxylic acids is 1. The minimum atomic E-state index is -0.150. The van der Waals surface area contributed by atoms with Gasteiger partial charge < -0.3 is 5.32 Å². The number of amides is 1. The molecule has 0 aliphatic heterocycles. The van der Waals surface area contributed by atoms with E-state index in [4.69, 9.17) is 5.26 Å². The molecular formula is C9H12N4O. The lowest BCUT2D eigenvalue weighted by molar-refractivity contribution is 0.0944. The first-order valence-electron chi connectivity index (χ1n) is 4.39. The molecule has 5 heteroatoms. The Bertz CT molecular complexity index is 350. The van der Waals surface area contributed by atoms with Crippen LogP contribution in [-0.2, 0) is 7.05 Å². The zero-order chi connectivity index (χ0) is 10.4. The van der Waals surface area contributed by atoms with Gasteiger partial charge in [0, 0.05) is 26.2 Å². The van der Waals surface area contributed by atoms with Crippen LogP contribution in [0.15, 0.2) is 12.3 Å². The van der Waals surface area contributed by atoms with Crippen LogP contribution in [0.2, 0.25) is 0 Å². The first-order chi connectivity index (χ1) is 6.75. The Morgan fingerprint density at radius 1 is 1.79 bits per heavy atom. The summed E-state index contributed by atoms with van der Waals surface area (Å²) in [6.45, 7) is 0.525. The highest BCUT2D eigenvalue weighted by atomic mass is 16.2. The van der Waals surface area contributed by atoms with Crippen molar-refractivity contribution in [3.8, 4) is 6.07 Å². The van der Waals surface area contributed by atoms with Crippen LogP contribution in [0.25, 0.3) is 0 Å². The summed E-state index contributed by atoms with van der Waals surface area (Å²) < 4.78 is 1.51. The second-order valence-electron chi connectivity index (χ2n) is 2.86. The van der Waals surface area contributed by atoms with E-state index in [1.165, 1.54) is 4.68 Å². The lowest BCUT2D eigenvalue weighted by Crippen LogP contribution is -2.26. The first-order valence-corrected chi connectivity index (χ1v) is 4.39. The van der Waals surface area contributed by atoms with Crippen molar-refractivity contribution in [3.63, 3.8) is 0 Å². The van der Waals surface area contributed by atoms with Gasteiger partial charge in [0.2, 0.25) is 0 Å². The molecule has 1 aromatic rings. The van der Waals surface area contributed by atoms with Crippen molar-refractivity contribution in [1.82, 2.24) is 15.1 Å². The van der Waals surface area contributed by atoms with Gasteiger partial charge >= 0.3 is 0 Å². The van der Waals surface area contributed by atoms with Crippen LogP contribution in [0.1, 0.15) is 23.3 Å². The topological polar surface area (TPSA) is 70.7 Å². The Kier molecular flexibility index (Phi) is 3.68. The van der Waals surface area contributed by atoms with E-state index in [1.54, 1.807) is 19.3 Å². The van der Waals surface area contributed by atoms with E-state index in [0.29, 0.717) is 25.1 Å². The molecule has 0 radical (unpaired) electrons. The van der Waals surface area contributed by atoms with Gasteiger partial charge in [0.15, 0.2) is 0 Å². The fourth-order valence-corrected chi connectivity index (χ4v) is 1.06. The molecule has 0 aromatic carbocycles. The zero-order valence-electron chi connectivity index (χ0n) is 8.03. The van der Waals surface area contributed by atoms with E-state index in [9.17, 15) is 4.79 Å². The van der Waals surface area contributed by atoms with Crippen LogP contribution >= 0.6 is 0 Å². The quantitative estimate of drug-likeness (QED) is 0.704. The molecule has 0 bridgehead atoms. The van der Waals surface area contributed by atoms with E-state index in [2.05, 4.69) is 10.4 Å². The van der Waals surface area contributed by atoms with Crippen LogP contribution in [0.3, 0.4) is 0 Å². The summed E-state index contributed by atoms with van der Waals surface area (Å²) >= 11 is 0. The van der Waals surface area contributed by atoms with Crippen molar-refractivity contribution in [3.05, 3.63) is 18.0 Å². The number of aromatic nitrogens is 2. The third-order valence-electron chi connectivity index (χ3n) is 1.80.